The first-order valence-corrected chi connectivity index (χ1v) is 8.65. The Balaban J connectivity index is 2.01. The molecular weight excluding hydrogens is 320 g/mol. The molecule has 0 unspecified atom stereocenters. The Hall–Kier alpha value is -2.57. The number of primary amides is 1. The van der Waals surface area contributed by atoms with Crippen LogP contribution in [0.4, 0.5) is 4.79 Å². The fraction of sp³-hybridized carbons (Fsp3) is 0.500. The van der Waals surface area contributed by atoms with Gasteiger partial charge in [0.2, 0.25) is 11.8 Å². The number of nitrogens with zero attached hydrogens (tertiary/aromatic N) is 2. The second-order valence-electron chi connectivity index (χ2n) is 6.20. The molecule has 2 rings (SSSR count). The van der Waals surface area contributed by atoms with Crippen molar-refractivity contribution in [3.05, 3.63) is 35.9 Å². The number of nitrogens with two attached hydrogens (primary N) is 1. The molecule has 0 saturated carbocycles. The Morgan fingerprint density at radius 1 is 1.28 bits per heavy atom. The van der Waals surface area contributed by atoms with Gasteiger partial charge in [0.05, 0.1) is 0 Å². The lowest BCUT2D eigenvalue weighted by Crippen LogP contribution is -2.44. The van der Waals surface area contributed by atoms with Crippen LogP contribution in [0.25, 0.3) is 0 Å². The van der Waals surface area contributed by atoms with Crippen LogP contribution in [0.3, 0.4) is 0 Å². The van der Waals surface area contributed by atoms with Crippen LogP contribution < -0.4 is 11.1 Å². The van der Waals surface area contributed by atoms with E-state index in [1.807, 2.05) is 42.2 Å². The molecule has 7 nitrogen and oxygen atoms in total. The highest BCUT2D eigenvalue weighted by molar-refractivity contribution is 5.81. The molecule has 1 aliphatic rings. The molecule has 1 aromatic carbocycles. The highest BCUT2D eigenvalue weighted by atomic mass is 16.2. The standard InChI is InChI=1S/C18H26N4O3/c1-2-15-13-21(16(23)8-10-20-18(19)25)11-9-17(24)22(15)12-14-6-4-3-5-7-14/h3-7,15H,2,8-13H2,1H3,(H3,19,20,25)/t15-/m1/s1. The summed E-state index contributed by atoms with van der Waals surface area (Å²) < 4.78 is 0. The Morgan fingerprint density at radius 2 is 2.00 bits per heavy atom. The summed E-state index contributed by atoms with van der Waals surface area (Å²) in [6, 6.07) is 9.22. The van der Waals surface area contributed by atoms with Crippen molar-refractivity contribution in [3.63, 3.8) is 0 Å². The lowest BCUT2D eigenvalue weighted by molar-refractivity contribution is -0.133. The molecule has 4 amide bonds. The van der Waals surface area contributed by atoms with Gasteiger partial charge in [0.25, 0.3) is 0 Å². The molecule has 1 saturated heterocycles. The molecule has 1 heterocycles. The van der Waals surface area contributed by atoms with E-state index in [1.165, 1.54) is 0 Å². The molecule has 136 valence electrons. The van der Waals surface area contributed by atoms with Crippen molar-refractivity contribution in [2.45, 2.75) is 38.8 Å². The first-order valence-electron chi connectivity index (χ1n) is 8.65. The second-order valence-corrected chi connectivity index (χ2v) is 6.20. The maximum absolute atomic E-state index is 12.6. The second kappa shape index (κ2) is 9.05. The third-order valence-electron chi connectivity index (χ3n) is 4.45. The van der Waals surface area contributed by atoms with Crippen LogP contribution in [-0.2, 0) is 16.1 Å². The van der Waals surface area contributed by atoms with Crippen LogP contribution in [-0.4, -0.2) is 53.3 Å². The highest BCUT2D eigenvalue weighted by Gasteiger charge is 2.30. The van der Waals surface area contributed by atoms with Crippen molar-refractivity contribution in [3.8, 4) is 0 Å². The quantitative estimate of drug-likeness (QED) is 0.807. The summed E-state index contributed by atoms with van der Waals surface area (Å²) in [5.74, 6) is 0.00262. The molecular formula is C18H26N4O3. The van der Waals surface area contributed by atoms with E-state index < -0.39 is 6.03 Å². The van der Waals surface area contributed by atoms with Crippen molar-refractivity contribution < 1.29 is 14.4 Å². The van der Waals surface area contributed by atoms with Crippen LogP contribution in [0.5, 0.6) is 0 Å². The maximum Gasteiger partial charge on any atom is 0.312 e. The average Bonchev–Trinajstić information content (AvgIpc) is 2.75. The number of nitrogens with one attached hydrogen (secondary N) is 1. The van der Waals surface area contributed by atoms with Gasteiger partial charge in [-0.1, -0.05) is 37.3 Å². The number of carbonyl (C=O) groups excluding carboxylic acids is 3. The smallest absolute Gasteiger partial charge is 0.312 e. The summed E-state index contributed by atoms with van der Waals surface area (Å²) in [7, 11) is 0. The van der Waals surface area contributed by atoms with Gasteiger partial charge in [0, 0.05) is 45.1 Å². The number of rotatable bonds is 6. The van der Waals surface area contributed by atoms with Crippen LogP contribution in [0, 0.1) is 0 Å². The van der Waals surface area contributed by atoms with Gasteiger partial charge in [-0.05, 0) is 12.0 Å². The van der Waals surface area contributed by atoms with Crippen LogP contribution >= 0.6 is 0 Å². The minimum absolute atomic E-state index is 0.0109. The van der Waals surface area contributed by atoms with E-state index >= 15 is 0 Å². The molecule has 1 aromatic rings. The van der Waals surface area contributed by atoms with E-state index in [1.54, 1.807) is 4.90 Å². The number of hydrogen-bond acceptors (Lipinski definition) is 3. The molecule has 1 fully saturated rings. The molecule has 3 N–H and O–H groups in total. The Morgan fingerprint density at radius 3 is 2.64 bits per heavy atom. The number of carbonyl (C=O) groups is 3. The van der Waals surface area contributed by atoms with E-state index in [4.69, 9.17) is 5.73 Å². The van der Waals surface area contributed by atoms with Gasteiger partial charge < -0.3 is 20.9 Å². The van der Waals surface area contributed by atoms with E-state index in [-0.39, 0.29) is 30.8 Å². The summed E-state index contributed by atoms with van der Waals surface area (Å²) in [5, 5.41) is 2.42. The predicted octanol–water partition coefficient (Wildman–Crippen LogP) is 1.08. The molecule has 1 atom stereocenters. The minimum atomic E-state index is -0.640. The molecule has 0 aromatic heterocycles. The summed E-state index contributed by atoms with van der Waals surface area (Å²) in [6.45, 7) is 3.73. The number of hydrogen-bond donors (Lipinski definition) is 2. The number of amides is 4. The zero-order valence-electron chi connectivity index (χ0n) is 14.6. The zero-order chi connectivity index (χ0) is 18.2. The normalized spacial score (nSPS) is 18.0. The third kappa shape index (κ3) is 5.48. The van der Waals surface area contributed by atoms with Crippen molar-refractivity contribution in [2.75, 3.05) is 19.6 Å². The molecule has 7 heteroatoms. The Bertz CT molecular complexity index is 606. The van der Waals surface area contributed by atoms with Gasteiger partial charge in [0.1, 0.15) is 0 Å². The molecule has 0 radical (unpaired) electrons. The third-order valence-corrected chi connectivity index (χ3v) is 4.45. The summed E-state index contributed by atoms with van der Waals surface area (Å²) >= 11 is 0. The van der Waals surface area contributed by atoms with E-state index in [9.17, 15) is 14.4 Å². The molecule has 0 aliphatic carbocycles. The first kappa shape index (κ1) is 18.8. The van der Waals surface area contributed by atoms with Crippen LogP contribution in [0.15, 0.2) is 30.3 Å². The summed E-state index contributed by atoms with van der Waals surface area (Å²) in [5.41, 5.74) is 6.09. The van der Waals surface area contributed by atoms with Crippen molar-refractivity contribution in [2.24, 2.45) is 5.73 Å². The van der Waals surface area contributed by atoms with Crippen molar-refractivity contribution in [1.29, 1.82) is 0 Å². The number of benzene rings is 1. The predicted molar refractivity (Wildman–Crippen MR) is 94.5 cm³/mol. The van der Waals surface area contributed by atoms with Gasteiger partial charge in [-0.15, -0.1) is 0 Å². The van der Waals surface area contributed by atoms with Crippen LogP contribution in [0.2, 0.25) is 0 Å². The highest BCUT2D eigenvalue weighted by Crippen LogP contribution is 2.18. The van der Waals surface area contributed by atoms with Gasteiger partial charge in [-0.2, -0.15) is 0 Å². The van der Waals surface area contributed by atoms with E-state index in [0.29, 0.717) is 26.1 Å². The molecule has 0 bridgehead atoms. The minimum Gasteiger partial charge on any atom is -0.352 e. The zero-order valence-corrected chi connectivity index (χ0v) is 14.6. The summed E-state index contributed by atoms with van der Waals surface area (Å²) in [6.07, 6.45) is 1.28. The first-order chi connectivity index (χ1) is 12.0. The maximum atomic E-state index is 12.6. The van der Waals surface area contributed by atoms with E-state index in [0.717, 1.165) is 12.0 Å². The summed E-state index contributed by atoms with van der Waals surface area (Å²) in [4.78, 5) is 39.2. The monoisotopic (exact) mass is 346 g/mol. The fourth-order valence-electron chi connectivity index (χ4n) is 3.05. The molecule has 1 aliphatic heterocycles. The Labute approximate surface area is 148 Å². The topological polar surface area (TPSA) is 95.7 Å². The number of urea groups is 1. The fourth-order valence-corrected chi connectivity index (χ4v) is 3.05. The molecule has 0 spiro atoms. The molecule has 25 heavy (non-hydrogen) atoms. The van der Waals surface area contributed by atoms with Crippen LogP contribution in [0.1, 0.15) is 31.7 Å². The SMILES string of the molecule is CC[C@@H]1CN(C(=O)CCNC(N)=O)CCC(=O)N1Cc1ccccc1. The Kier molecular flexibility index (Phi) is 6.80. The van der Waals surface area contributed by atoms with E-state index in [2.05, 4.69) is 5.32 Å². The lowest BCUT2D eigenvalue weighted by Gasteiger charge is -2.31. The average molecular weight is 346 g/mol. The lowest BCUT2D eigenvalue weighted by atomic mass is 10.1. The van der Waals surface area contributed by atoms with Gasteiger partial charge in [0.15, 0.2) is 0 Å². The largest absolute Gasteiger partial charge is 0.352 e. The van der Waals surface area contributed by atoms with Gasteiger partial charge >= 0.3 is 6.03 Å². The van der Waals surface area contributed by atoms with Crippen molar-refractivity contribution in [1.82, 2.24) is 15.1 Å². The van der Waals surface area contributed by atoms with Gasteiger partial charge in [-0.3, -0.25) is 9.59 Å². The van der Waals surface area contributed by atoms with Gasteiger partial charge in [-0.25, -0.2) is 4.79 Å². The van der Waals surface area contributed by atoms with Crippen molar-refractivity contribution >= 4 is 17.8 Å².